The molecule has 16 heavy (non-hydrogen) atoms. The molecule has 0 saturated carbocycles. The molecule has 0 amide bonds. The Hall–Kier alpha value is -1.36. The lowest BCUT2D eigenvalue weighted by Crippen LogP contribution is -2.07. The van der Waals surface area contributed by atoms with Gasteiger partial charge in [0.15, 0.2) is 0 Å². The van der Waals surface area contributed by atoms with Gasteiger partial charge in [-0.25, -0.2) is 0 Å². The van der Waals surface area contributed by atoms with E-state index >= 15 is 0 Å². The molecule has 0 spiro atoms. The number of ether oxygens (including phenoxy) is 1. The third kappa shape index (κ3) is 3.66. The van der Waals surface area contributed by atoms with Crippen LogP contribution in [0.5, 0.6) is 0 Å². The lowest BCUT2D eigenvalue weighted by atomic mass is 10.1. The van der Waals surface area contributed by atoms with Crippen LogP contribution >= 0.6 is 15.9 Å². The highest BCUT2D eigenvalue weighted by Gasteiger charge is 2.08. The number of nitrogens with zero attached hydrogens (tertiary/aromatic N) is 1. The average molecular weight is 286 g/mol. The monoisotopic (exact) mass is 285 g/mol. The Kier molecular flexibility index (Phi) is 4.98. The third-order valence-corrected chi connectivity index (χ3v) is 2.62. The minimum Gasteiger partial charge on any atom is -0.469 e. The Morgan fingerprint density at radius 2 is 2.00 bits per heavy atom. The molecule has 5 heteroatoms. The lowest BCUT2D eigenvalue weighted by Gasteiger charge is -2.04. The van der Waals surface area contributed by atoms with Crippen molar-refractivity contribution in [2.75, 3.05) is 7.11 Å². The first-order valence-electron chi connectivity index (χ1n) is 4.71. The van der Waals surface area contributed by atoms with Crippen LogP contribution in [0.3, 0.4) is 0 Å². The highest BCUT2D eigenvalue weighted by Crippen LogP contribution is 2.13. The molecule has 0 atom stereocenters. The molecular formula is C11H12BrNO3. The van der Waals surface area contributed by atoms with E-state index in [0.29, 0.717) is 12.1 Å². The van der Waals surface area contributed by atoms with Gasteiger partial charge >= 0.3 is 5.97 Å². The normalized spacial score (nSPS) is 11.2. The Labute approximate surface area is 102 Å². The van der Waals surface area contributed by atoms with E-state index < -0.39 is 0 Å². The van der Waals surface area contributed by atoms with Gasteiger partial charge in [-0.3, -0.25) is 4.79 Å². The summed E-state index contributed by atoms with van der Waals surface area (Å²) in [7, 11) is 1.33. The van der Waals surface area contributed by atoms with Gasteiger partial charge < -0.3 is 9.94 Å². The number of hydrogen-bond donors (Lipinski definition) is 1. The van der Waals surface area contributed by atoms with Crippen LogP contribution in [0.25, 0.3) is 0 Å². The van der Waals surface area contributed by atoms with E-state index in [1.54, 1.807) is 0 Å². The van der Waals surface area contributed by atoms with Crippen LogP contribution in [0.15, 0.2) is 33.9 Å². The first-order chi connectivity index (χ1) is 7.67. The summed E-state index contributed by atoms with van der Waals surface area (Å²) in [5.41, 5.74) is 1.26. The second-order valence-electron chi connectivity index (χ2n) is 3.13. The van der Waals surface area contributed by atoms with E-state index in [9.17, 15) is 4.79 Å². The molecular weight excluding hydrogens is 274 g/mol. The average Bonchev–Trinajstić information content (AvgIpc) is 2.31. The summed E-state index contributed by atoms with van der Waals surface area (Å²) in [6.07, 6.45) is 0.552. The minimum atomic E-state index is -0.321. The van der Waals surface area contributed by atoms with Gasteiger partial charge in [0, 0.05) is 10.9 Å². The number of hydrogen-bond acceptors (Lipinski definition) is 4. The Morgan fingerprint density at radius 3 is 2.50 bits per heavy atom. The molecule has 0 heterocycles. The van der Waals surface area contributed by atoms with E-state index in [2.05, 4.69) is 25.8 Å². The molecule has 0 aliphatic rings. The Bertz CT molecular complexity index is 387. The zero-order valence-corrected chi connectivity index (χ0v) is 10.4. The maximum absolute atomic E-state index is 11.0. The van der Waals surface area contributed by atoms with Gasteiger partial charge in [-0.05, 0) is 17.7 Å². The second kappa shape index (κ2) is 6.27. The second-order valence-corrected chi connectivity index (χ2v) is 4.05. The summed E-state index contributed by atoms with van der Waals surface area (Å²) in [6.45, 7) is 0. The molecule has 0 unspecified atom stereocenters. The Balaban J connectivity index is 2.69. The van der Waals surface area contributed by atoms with Crippen molar-refractivity contribution in [1.29, 1.82) is 0 Å². The highest BCUT2D eigenvalue weighted by atomic mass is 79.9. The van der Waals surface area contributed by atoms with Gasteiger partial charge in [0.05, 0.1) is 19.2 Å². The predicted molar refractivity (Wildman–Crippen MR) is 63.7 cm³/mol. The SMILES string of the molecule is COC(=O)CC/C(=N\O)c1ccc(Br)cc1. The molecule has 4 nitrogen and oxygen atoms in total. The number of carbonyl (C=O) groups is 1. The van der Waals surface area contributed by atoms with Crippen LogP contribution in [0.1, 0.15) is 18.4 Å². The first kappa shape index (κ1) is 12.7. The number of halogens is 1. The van der Waals surface area contributed by atoms with E-state index in [-0.39, 0.29) is 12.4 Å². The van der Waals surface area contributed by atoms with Crippen molar-refractivity contribution in [2.45, 2.75) is 12.8 Å². The number of methoxy groups -OCH3 is 1. The van der Waals surface area contributed by atoms with Gasteiger partial charge in [0.1, 0.15) is 0 Å². The molecule has 1 aromatic rings. The van der Waals surface area contributed by atoms with E-state index in [4.69, 9.17) is 5.21 Å². The number of esters is 1. The molecule has 1 N–H and O–H groups in total. The fraction of sp³-hybridized carbons (Fsp3) is 0.273. The maximum atomic E-state index is 11.0. The van der Waals surface area contributed by atoms with Gasteiger partial charge in [0.25, 0.3) is 0 Å². The van der Waals surface area contributed by atoms with Crippen molar-refractivity contribution in [3.8, 4) is 0 Å². The summed E-state index contributed by atoms with van der Waals surface area (Å²) in [6, 6.07) is 7.32. The molecule has 0 bridgehead atoms. The summed E-state index contributed by atoms with van der Waals surface area (Å²) in [5.74, 6) is -0.321. The van der Waals surface area contributed by atoms with Crippen molar-refractivity contribution in [2.24, 2.45) is 5.16 Å². The van der Waals surface area contributed by atoms with Crippen molar-refractivity contribution in [3.05, 3.63) is 34.3 Å². The Morgan fingerprint density at radius 1 is 1.38 bits per heavy atom. The van der Waals surface area contributed by atoms with E-state index in [0.717, 1.165) is 10.0 Å². The number of rotatable bonds is 4. The van der Waals surface area contributed by atoms with Crippen molar-refractivity contribution in [3.63, 3.8) is 0 Å². The van der Waals surface area contributed by atoms with Crippen molar-refractivity contribution < 1.29 is 14.7 Å². The van der Waals surface area contributed by atoms with Gasteiger partial charge in [-0.15, -0.1) is 0 Å². The summed E-state index contributed by atoms with van der Waals surface area (Å²) in [5, 5.41) is 12.0. The van der Waals surface area contributed by atoms with Crippen LogP contribution in [0, 0.1) is 0 Å². The van der Waals surface area contributed by atoms with Crippen LogP contribution in [-0.2, 0) is 9.53 Å². The summed E-state index contributed by atoms with van der Waals surface area (Å²) < 4.78 is 5.46. The molecule has 0 saturated heterocycles. The topological polar surface area (TPSA) is 58.9 Å². The summed E-state index contributed by atoms with van der Waals surface area (Å²) >= 11 is 3.31. The molecule has 0 fully saturated rings. The van der Waals surface area contributed by atoms with Gasteiger partial charge in [-0.2, -0.15) is 0 Å². The molecule has 1 aromatic carbocycles. The van der Waals surface area contributed by atoms with Gasteiger partial charge in [0.2, 0.25) is 0 Å². The van der Waals surface area contributed by atoms with Crippen molar-refractivity contribution >= 4 is 27.6 Å². The zero-order valence-electron chi connectivity index (χ0n) is 8.81. The molecule has 1 rings (SSSR count). The van der Waals surface area contributed by atoms with E-state index in [1.165, 1.54) is 7.11 Å². The molecule has 86 valence electrons. The van der Waals surface area contributed by atoms with Gasteiger partial charge in [-0.1, -0.05) is 33.2 Å². The molecule has 0 aromatic heterocycles. The van der Waals surface area contributed by atoms with E-state index in [1.807, 2.05) is 24.3 Å². The zero-order chi connectivity index (χ0) is 12.0. The fourth-order valence-electron chi connectivity index (χ4n) is 1.22. The summed E-state index contributed by atoms with van der Waals surface area (Å²) in [4.78, 5) is 11.0. The highest BCUT2D eigenvalue weighted by molar-refractivity contribution is 9.10. The molecule has 0 radical (unpaired) electrons. The fourth-order valence-corrected chi connectivity index (χ4v) is 1.48. The van der Waals surface area contributed by atoms with Crippen LogP contribution in [0.4, 0.5) is 0 Å². The standard InChI is InChI=1S/C11H12BrNO3/c1-16-11(14)7-6-10(13-15)8-2-4-9(12)5-3-8/h2-5,15H,6-7H2,1H3/b13-10+. The third-order valence-electron chi connectivity index (χ3n) is 2.09. The minimum absolute atomic E-state index is 0.200. The number of benzene rings is 1. The first-order valence-corrected chi connectivity index (χ1v) is 5.50. The van der Waals surface area contributed by atoms with Crippen LogP contribution in [-0.4, -0.2) is 24.0 Å². The van der Waals surface area contributed by atoms with Crippen LogP contribution in [0.2, 0.25) is 0 Å². The quantitative estimate of drug-likeness (QED) is 0.400. The largest absolute Gasteiger partial charge is 0.469 e. The smallest absolute Gasteiger partial charge is 0.305 e. The lowest BCUT2D eigenvalue weighted by molar-refractivity contribution is -0.140. The van der Waals surface area contributed by atoms with Crippen molar-refractivity contribution in [1.82, 2.24) is 0 Å². The number of carbonyl (C=O) groups excluding carboxylic acids is 1. The molecule has 0 aliphatic carbocycles. The molecule has 0 aliphatic heterocycles. The maximum Gasteiger partial charge on any atom is 0.305 e. The number of oxime groups is 1. The van der Waals surface area contributed by atoms with Crippen LogP contribution < -0.4 is 0 Å². The predicted octanol–water partition coefficient (Wildman–Crippen LogP) is 2.58.